The molecule has 1 unspecified atom stereocenters. The molecule has 9 nitrogen and oxygen atoms in total. The molecule has 2 aromatic heterocycles. The maximum atomic E-state index is 15.2. The molecule has 0 spiro atoms. The first-order valence-corrected chi connectivity index (χ1v) is 14.3. The lowest BCUT2D eigenvalue weighted by Gasteiger charge is -2.27. The summed E-state index contributed by atoms with van der Waals surface area (Å²) in [5, 5.41) is 12.7. The van der Waals surface area contributed by atoms with Crippen LogP contribution in [0.4, 0.5) is 18.9 Å². The number of benzene rings is 2. The van der Waals surface area contributed by atoms with E-state index in [0.29, 0.717) is 17.2 Å². The van der Waals surface area contributed by atoms with Crippen LogP contribution in [0.15, 0.2) is 55.0 Å². The molecule has 0 radical (unpaired) electrons. The van der Waals surface area contributed by atoms with Crippen LogP contribution in [0.5, 0.6) is 0 Å². The molecule has 4 aromatic rings. The summed E-state index contributed by atoms with van der Waals surface area (Å²) in [6.07, 6.45) is 4.70. The molecule has 0 bridgehead atoms. The lowest BCUT2D eigenvalue weighted by molar-refractivity contribution is 0.0951. The van der Waals surface area contributed by atoms with Gasteiger partial charge in [0.2, 0.25) is 0 Å². The summed E-state index contributed by atoms with van der Waals surface area (Å²) in [6.45, 7) is 0.773. The summed E-state index contributed by atoms with van der Waals surface area (Å²) in [4.78, 5) is 13.6. The van der Waals surface area contributed by atoms with Crippen molar-refractivity contribution >= 4 is 44.3 Å². The van der Waals surface area contributed by atoms with E-state index >= 15 is 8.78 Å². The zero-order valence-electron chi connectivity index (χ0n) is 20.5. The second-order valence-corrected chi connectivity index (χ2v) is 12.9. The molecule has 2 aromatic carbocycles. The molecular weight excluding hydrogens is 648 g/mol. The number of rotatable bonds is 8. The Labute approximate surface area is 235 Å². The lowest BCUT2D eigenvalue weighted by Crippen LogP contribution is -2.42. The van der Waals surface area contributed by atoms with Crippen molar-refractivity contribution in [2.45, 2.75) is 18.2 Å². The van der Waals surface area contributed by atoms with Gasteiger partial charge in [-0.05, 0) is 30.7 Å². The minimum Gasteiger partial charge on any atom is -0.365 e. The van der Waals surface area contributed by atoms with Gasteiger partial charge in [-0.25, -0.2) is 24.5 Å². The summed E-state index contributed by atoms with van der Waals surface area (Å²) in [5.41, 5.74) is 1.55. The van der Waals surface area contributed by atoms with E-state index in [9.17, 15) is 17.6 Å². The Bertz CT molecular complexity index is 1660. The highest BCUT2D eigenvalue weighted by atomic mass is 127. The van der Waals surface area contributed by atoms with Crippen LogP contribution < -0.4 is 10.2 Å². The quantitative estimate of drug-likeness (QED) is 0.275. The highest BCUT2D eigenvalue weighted by Gasteiger charge is 2.50. The van der Waals surface area contributed by atoms with Crippen LogP contribution in [-0.4, -0.2) is 51.4 Å². The number of amides is 1. The van der Waals surface area contributed by atoms with E-state index < -0.39 is 43.7 Å². The van der Waals surface area contributed by atoms with Crippen molar-refractivity contribution in [2.75, 3.05) is 23.7 Å². The predicted octanol–water partition coefficient (Wildman–Crippen LogP) is 3.97. The smallest absolute Gasteiger partial charge is 0.269 e. The van der Waals surface area contributed by atoms with Crippen LogP contribution in [0.3, 0.4) is 0 Å². The van der Waals surface area contributed by atoms with Crippen molar-refractivity contribution in [1.82, 2.24) is 23.5 Å². The van der Waals surface area contributed by atoms with Gasteiger partial charge >= 0.3 is 0 Å². The Kier molecular flexibility index (Phi) is 7.17. The van der Waals surface area contributed by atoms with Gasteiger partial charge in [-0.15, -0.1) is 0 Å². The molecule has 1 atom stereocenters. The van der Waals surface area contributed by atoms with Gasteiger partial charge in [-0.3, -0.25) is 9.89 Å². The fourth-order valence-corrected chi connectivity index (χ4v) is 6.88. The molecule has 0 saturated heterocycles. The number of carbonyl (C=O) groups is 1. The molecule has 1 aliphatic rings. The molecule has 0 saturated carbocycles. The molecule has 204 valence electrons. The molecule has 39 heavy (non-hydrogen) atoms. The van der Waals surface area contributed by atoms with Crippen molar-refractivity contribution in [2.24, 2.45) is 0 Å². The number of hydrogen-bond donors (Lipinski definition) is 2. The SMILES string of the molecule is CC1(S(=O)(=O)CCNC(=O)c2ccn[nH]2)CN(Cc2ccc(-c3cnn(I)c3)cc2F)c2cc(F)cc(F)c21. The highest BCUT2D eigenvalue weighted by molar-refractivity contribution is 14.1. The van der Waals surface area contributed by atoms with Crippen molar-refractivity contribution in [1.29, 1.82) is 0 Å². The normalized spacial score (nSPS) is 16.9. The van der Waals surface area contributed by atoms with E-state index in [-0.39, 0.29) is 42.1 Å². The Morgan fingerprint density at radius 2 is 1.95 bits per heavy atom. The number of fused-ring (bicyclic) bond motifs is 1. The van der Waals surface area contributed by atoms with Crippen molar-refractivity contribution in [3.05, 3.63) is 89.3 Å². The Morgan fingerprint density at radius 1 is 1.15 bits per heavy atom. The van der Waals surface area contributed by atoms with Crippen LogP contribution >= 0.6 is 22.9 Å². The minimum atomic E-state index is -4.10. The van der Waals surface area contributed by atoms with Crippen molar-refractivity contribution in [3.63, 3.8) is 0 Å². The number of nitrogens with zero attached hydrogens (tertiary/aromatic N) is 4. The number of aromatic amines is 1. The number of sulfone groups is 1. The number of hydrogen-bond acceptors (Lipinski definition) is 6. The van der Waals surface area contributed by atoms with Gasteiger partial charge < -0.3 is 10.2 Å². The molecular formula is C25H22F3IN6O3S. The van der Waals surface area contributed by atoms with Crippen LogP contribution in [0.1, 0.15) is 28.5 Å². The fourth-order valence-electron chi connectivity index (χ4n) is 4.77. The molecule has 2 N–H and O–H groups in total. The third-order valence-electron chi connectivity index (χ3n) is 6.78. The largest absolute Gasteiger partial charge is 0.365 e. The van der Waals surface area contributed by atoms with Gasteiger partial charge in [0.15, 0.2) is 9.84 Å². The lowest BCUT2D eigenvalue weighted by atomic mass is 10.0. The summed E-state index contributed by atoms with van der Waals surface area (Å²) in [6, 6.07) is 7.72. The molecule has 3 heterocycles. The Morgan fingerprint density at radius 3 is 2.62 bits per heavy atom. The predicted molar refractivity (Wildman–Crippen MR) is 147 cm³/mol. The van der Waals surface area contributed by atoms with E-state index in [1.165, 1.54) is 30.2 Å². The Balaban J connectivity index is 1.41. The topological polar surface area (TPSA) is 113 Å². The summed E-state index contributed by atoms with van der Waals surface area (Å²) < 4.78 is 71.5. The van der Waals surface area contributed by atoms with Gasteiger partial charge in [0.05, 0.1) is 34.8 Å². The van der Waals surface area contributed by atoms with E-state index in [0.717, 1.165) is 6.07 Å². The van der Waals surface area contributed by atoms with Crippen molar-refractivity contribution in [3.8, 4) is 11.1 Å². The number of carbonyl (C=O) groups excluding carboxylic acids is 1. The van der Waals surface area contributed by atoms with Gasteiger partial charge in [0, 0.05) is 60.5 Å². The van der Waals surface area contributed by atoms with Crippen LogP contribution in [0.25, 0.3) is 11.1 Å². The molecule has 1 amide bonds. The first kappa shape index (κ1) is 27.2. The van der Waals surface area contributed by atoms with E-state index in [4.69, 9.17) is 0 Å². The van der Waals surface area contributed by atoms with Gasteiger partial charge in [0.25, 0.3) is 5.91 Å². The number of H-pyrrole nitrogens is 1. The van der Waals surface area contributed by atoms with Crippen LogP contribution in [0.2, 0.25) is 0 Å². The molecule has 5 rings (SSSR count). The molecule has 14 heteroatoms. The summed E-state index contributed by atoms with van der Waals surface area (Å²) in [5.74, 6) is -3.48. The highest BCUT2D eigenvalue weighted by Crippen LogP contribution is 2.47. The summed E-state index contributed by atoms with van der Waals surface area (Å²) in [7, 11) is -4.10. The minimum absolute atomic E-state index is 0.0368. The Hall–Kier alpha value is -3.40. The van der Waals surface area contributed by atoms with Gasteiger partial charge in [-0.2, -0.15) is 10.2 Å². The number of nitrogens with one attached hydrogen (secondary N) is 2. The second kappa shape index (κ2) is 10.3. The van der Waals surface area contributed by atoms with Crippen LogP contribution in [-0.2, 0) is 21.1 Å². The molecule has 1 aliphatic heterocycles. The summed E-state index contributed by atoms with van der Waals surface area (Å²) >= 11 is 1.97. The van der Waals surface area contributed by atoms with Crippen molar-refractivity contribution < 1.29 is 26.4 Å². The second-order valence-electron chi connectivity index (χ2n) is 9.34. The zero-order valence-corrected chi connectivity index (χ0v) is 23.4. The maximum absolute atomic E-state index is 15.2. The monoisotopic (exact) mass is 670 g/mol. The number of aromatic nitrogens is 4. The van der Waals surface area contributed by atoms with E-state index in [1.54, 1.807) is 27.4 Å². The standard InChI is InChI=1S/C25H22F3IN6O3S/c1-25(39(37,38)7-6-30-24(36)21-4-5-31-33-21)14-34(22-10-18(26)9-20(28)23(22)25)12-16-3-2-15(8-19(16)27)17-11-32-35(29)13-17/h2-5,8-11,13H,6-7,12,14H2,1H3,(H,30,36)(H,31,33). The fraction of sp³-hybridized carbons (Fsp3) is 0.240. The van der Waals surface area contributed by atoms with E-state index in [2.05, 4.69) is 20.6 Å². The average Bonchev–Trinajstić information content (AvgIpc) is 3.61. The number of anilines is 1. The average molecular weight is 670 g/mol. The first-order valence-electron chi connectivity index (χ1n) is 11.7. The number of halogens is 4. The molecule has 0 aliphatic carbocycles. The first-order chi connectivity index (χ1) is 18.5. The zero-order chi connectivity index (χ0) is 27.9. The third-order valence-corrected chi connectivity index (χ3v) is 9.76. The van der Waals surface area contributed by atoms with Gasteiger partial charge in [0.1, 0.15) is 27.9 Å². The maximum Gasteiger partial charge on any atom is 0.269 e. The van der Waals surface area contributed by atoms with Gasteiger partial charge in [-0.1, -0.05) is 12.1 Å². The van der Waals surface area contributed by atoms with Crippen LogP contribution in [0, 0.1) is 17.5 Å². The molecule has 0 fully saturated rings. The third kappa shape index (κ3) is 5.14. The van der Waals surface area contributed by atoms with E-state index in [1.807, 2.05) is 22.9 Å².